The van der Waals surface area contributed by atoms with E-state index in [1.807, 2.05) is 0 Å². The van der Waals surface area contributed by atoms with Gasteiger partial charge in [0.15, 0.2) is 0 Å². The van der Waals surface area contributed by atoms with Gasteiger partial charge in [-0.1, -0.05) is 0 Å². The Hall–Kier alpha value is -1.86. The van der Waals surface area contributed by atoms with Crippen molar-refractivity contribution in [3.05, 3.63) is 17.6 Å². The van der Waals surface area contributed by atoms with Crippen molar-refractivity contribution < 1.29 is 18.0 Å². The predicted octanol–water partition coefficient (Wildman–Crippen LogP) is 0.324. The highest BCUT2D eigenvalue weighted by atomic mass is 19.4. The minimum absolute atomic E-state index is 0.00648. The van der Waals surface area contributed by atoms with E-state index in [1.54, 1.807) is 0 Å². The van der Waals surface area contributed by atoms with Gasteiger partial charge in [-0.25, -0.2) is 9.97 Å². The summed E-state index contributed by atoms with van der Waals surface area (Å²) in [7, 11) is 0. The summed E-state index contributed by atoms with van der Waals surface area (Å²) in [5, 5.41) is 2.24. The Balaban J connectivity index is 2.93. The molecule has 0 aliphatic carbocycles. The molecule has 0 aromatic carbocycles. The van der Waals surface area contributed by atoms with E-state index in [1.165, 1.54) is 0 Å². The molecule has 0 spiro atoms. The van der Waals surface area contributed by atoms with Crippen LogP contribution in [0.2, 0.25) is 0 Å². The number of carbonyl (C=O) groups excluding carboxylic acids is 1. The lowest BCUT2D eigenvalue weighted by molar-refractivity contribution is -0.144. The molecule has 0 fully saturated rings. The van der Waals surface area contributed by atoms with Crippen molar-refractivity contribution in [3.63, 3.8) is 0 Å². The quantitative estimate of drug-likeness (QED) is 0.719. The monoisotopic (exact) mass is 220 g/mol. The Morgan fingerprint density at radius 2 is 2.20 bits per heavy atom. The smallest absolute Gasteiger partial charge is 0.383 e. The highest BCUT2D eigenvalue weighted by Gasteiger charge is 2.34. The Morgan fingerprint density at radius 3 is 2.67 bits per heavy atom. The van der Waals surface area contributed by atoms with Crippen LogP contribution in [0.25, 0.3) is 0 Å². The van der Waals surface area contributed by atoms with Crippen LogP contribution >= 0.6 is 0 Å². The standard InChI is InChI=1S/C7H7F3N4O/c8-7(9,10)6-13-2-4(1-12-3-15)5(11)14-6/h2-3H,1H2,(H,12,15)(H2,11,13,14). The van der Waals surface area contributed by atoms with Gasteiger partial charge in [-0.15, -0.1) is 0 Å². The summed E-state index contributed by atoms with van der Waals surface area (Å²) in [5.74, 6) is -1.60. The van der Waals surface area contributed by atoms with E-state index in [0.717, 1.165) is 6.20 Å². The van der Waals surface area contributed by atoms with E-state index >= 15 is 0 Å². The van der Waals surface area contributed by atoms with Crippen molar-refractivity contribution in [3.8, 4) is 0 Å². The summed E-state index contributed by atoms with van der Waals surface area (Å²) >= 11 is 0. The second kappa shape index (κ2) is 4.11. The van der Waals surface area contributed by atoms with E-state index in [4.69, 9.17) is 5.73 Å². The number of halogens is 3. The number of aromatic nitrogens is 2. The molecule has 82 valence electrons. The molecular weight excluding hydrogens is 213 g/mol. The second-order valence-corrected chi connectivity index (χ2v) is 2.60. The van der Waals surface area contributed by atoms with Crippen LogP contribution in [0, 0.1) is 0 Å². The van der Waals surface area contributed by atoms with Gasteiger partial charge < -0.3 is 11.1 Å². The summed E-state index contributed by atoms with van der Waals surface area (Å²) < 4.78 is 36.3. The molecule has 1 amide bonds. The van der Waals surface area contributed by atoms with Crippen LogP contribution in [0.1, 0.15) is 11.4 Å². The van der Waals surface area contributed by atoms with E-state index in [-0.39, 0.29) is 17.9 Å². The summed E-state index contributed by atoms with van der Waals surface area (Å²) in [4.78, 5) is 16.1. The normalized spacial score (nSPS) is 11.1. The van der Waals surface area contributed by atoms with Crippen molar-refractivity contribution in [2.75, 3.05) is 5.73 Å². The molecule has 0 saturated heterocycles. The number of carbonyl (C=O) groups is 1. The Bertz CT molecular complexity index is 366. The fraction of sp³-hybridized carbons (Fsp3) is 0.286. The van der Waals surface area contributed by atoms with Gasteiger partial charge in [-0.3, -0.25) is 4.79 Å². The molecule has 0 radical (unpaired) electrons. The van der Waals surface area contributed by atoms with E-state index in [2.05, 4.69) is 15.3 Å². The lowest BCUT2D eigenvalue weighted by Gasteiger charge is -2.07. The summed E-state index contributed by atoms with van der Waals surface area (Å²) in [6, 6.07) is 0. The number of nitrogens with zero attached hydrogens (tertiary/aromatic N) is 2. The number of nitrogen functional groups attached to an aromatic ring is 1. The third kappa shape index (κ3) is 2.79. The highest BCUT2D eigenvalue weighted by molar-refractivity contribution is 5.48. The SMILES string of the molecule is Nc1nc(C(F)(F)F)ncc1CNC=O. The lowest BCUT2D eigenvalue weighted by atomic mass is 10.3. The molecule has 1 rings (SSSR count). The van der Waals surface area contributed by atoms with Crippen LogP contribution < -0.4 is 11.1 Å². The van der Waals surface area contributed by atoms with Gasteiger partial charge >= 0.3 is 6.18 Å². The zero-order valence-electron chi connectivity index (χ0n) is 7.38. The maximum atomic E-state index is 12.1. The minimum Gasteiger partial charge on any atom is -0.383 e. The number of alkyl halides is 3. The van der Waals surface area contributed by atoms with E-state index in [9.17, 15) is 18.0 Å². The van der Waals surface area contributed by atoms with Crippen LogP contribution in [0.3, 0.4) is 0 Å². The number of rotatable bonds is 3. The molecule has 0 atom stereocenters. The number of hydrogen-bond donors (Lipinski definition) is 2. The first-order chi connectivity index (χ1) is 6.95. The van der Waals surface area contributed by atoms with Crippen molar-refractivity contribution in [1.29, 1.82) is 0 Å². The van der Waals surface area contributed by atoms with Crippen LogP contribution in [0.4, 0.5) is 19.0 Å². The lowest BCUT2D eigenvalue weighted by Crippen LogP contribution is -2.17. The molecule has 0 bridgehead atoms. The van der Waals surface area contributed by atoms with Gasteiger partial charge in [0.1, 0.15) is 5.82 Å². The number of nitrogens with two attached hydrogens (primary N) is 1. The first-order valence-electron chi connectivity index (χ1n) is 3.80. The molecule has 0 unspecified atom stereocenters. The van der Waals surface area contributed by atoms with Gasteiger partial charge in [0.2, 0.25) is 12.2 Å². The fourth-order valence-corrected chi connectivity index (χ4v) is 0.844. The number of nitrogens with one attached hydrogen (secondary N) is 1. The van der Waals surface area contributed by atoms with E-state index < -0.39 is 12.0 Å². The number of hydrogen-bond acceptors (Lipinski definition) is 4. The van der Waals surface area contributed by atoms with Crippen LogP contribution in [0.15, 0.2) is 6.20 Å². The maximum absolute atomic E-state index is 12.1. The van der Waals surface area contributed by atoms with Gasteiger partial charge in [0.25, 0.3) is 0 Å². The molecule has 15 heavy (non-hydrogen) atoms. The van der Waals surface area contributed by atoms with Crippen LogP contribution in [0.5, 0.6) is 0 Å². The molecular formula is C7H7F3N4O. The average Bonchev–Trinajstić information content (AvgIpc) is 2.14. The molecule has 0 aliphatic heterocycles. The molecule has 3 N–H and O–H groups in total. The first kappa shape index (κ1) is 11.2. The van der Waals surface area contributed by atoms with Gasteiger partial charge in [-0.05, 0) is 0 Å². The maximum Gasteiger partial charge on any atom is 0.451 e. The van der Waals surface area contributed by atoms with Crippen LogP contribution in [-0.2, 0) is 17.5 Å². The highest BCUT2D eigenvalue weighted by Crippen LogP contribution is 2.26. The van der Waals surface area contributed by atoms with Gasteiger partial charge in [-0.2, -0.15) is 13.2 Å². The average molecular weight is 220 g/mol. The molecule has 8 heteroatoms. The van der Waals surface area contributed by atoms with Gasteiger partial charge in [0, 0.05) is 18.3 Å². The third-order valence-electron chi connectivity index (χ3n) is 1.53. The van der Waals surface area contributed by atoms with Crippen molar-refractivity contribution in [1.82, 2.24) is 15.3 Å². The number of amides is 1. The van der Waals surface area contributed by atoms with Crippen molar-refractivity contribution in [2.45, 2.75) is 12.7 Å². The van der Waals surface area contributed by atoms with Crippen molar-refractivity contribution in [2.24, 2.45) is 0 Å². The minimum atomic E-state index is -4.62. The summed E-state index contributed by atoms with van der Waals surface area (Å²) in [5.41, 5.74) is 5.48. The number of anilines is 1. The van der Waals surface area contributed by atoms with Crippen LogP contribution in [-0.4, -0.2) is 16.4 Å². The largest absolute Gasteiger partial charge is 0.451 e. The van der Waals surface area contributed by atoms with Gasteiger partial charge in [0.05, 0.1) is 0 Å². The molecule has 5 nitrogen and oxygen atoms in total. The summed E-state index contributed by atoms with van der Waals surface area (Å²) in [6.07, 6.45) is -3.29. The van der Waals surface area contributed by atoms with Crippen molar-refractivity contribution >= 4 is 12.2 Å². The molecule has 0 saturated carbocycles. The molecule has 1 aromatic heterocycles. The Labute approximate surface area is 82.5 Å². The molecule has 1 aromatic rings. The second-order valence-electron chi connectivity index (χ2n) is 2.60. The first-order valence-corrected chi connectivity index (χ1v) is 3.80. The zero-order chi connectivity index (χ0) is 11.5. The fourth-order valence-electron chi connectivity index (χ4n) is 0.844. The topological polar surface area (TPSA) is 80.9 Å². The summed E-state index contributed by atoms with van der Waals surface area (Å²) in [6.45, 7) is -0.00648. The Morgan fingerprint density at radius 1 is 1.53 bits per heavy atom. The predicted molar refractivity (Wildman–Crippen MR) is 44.4 cm³/mol. The third-order valence-corrected chi connectivity index (χ3v) is 1.53. The Kier molecular flexibility index (Phi) is 3.08. The zero-order valence-corrected chi connectivity index (χ0v) is 7.38. The van der Waals surface area contributed by atoms with E-state index in [0.29, 0.717) is 6.41 Å². The molecule has 1 heterocycles. The molecule has 0 aliphatic rings.